The normalized spacial score (nSPS) is 16.8. The van der Waals surface area contributed by atoms with Crippen molar-refractivity contribution in [1.29, 1.82) is 0 Å². The van der Waals surface area contributed by atoms with Crippen LogP contribution in [0, 0.1) is 0 Å². The SMILES string of the molecule is c1ccc(-c2c3c(c(-c4ccc(N(c5ccc(-c6c7c(c(-c8ccccc8)c8c6CCCC8)CCCC7)cc5)c5c6c(c(-c7ccccc7)c7c5CCCC7)CCCC6)cc4)c4c2CCCC4)CCCC3)cc1. The van der Waals surface area contributed by atoms with Crippen LogP contribution in [0.4, 0.5) is 17.1 Å². The monoisotopic (exact) mass is 950 g/mol. The molecule has 0 atom stereocenters. The van der Waals surface area contributed by atoms with Crippen molar-refractivity contribution in [2.75, 3.05) is 4.90 Å². The van der Waals surface area contributed by atoms with Gasteiger partial charge in [0.05, 0.1) is 5.69 Å². The standard InChI is InChI=1S/C72H71N/c1-4-22-48(23-5-1)67-55-28-10-14-32-59(55)70(60-33-15-11-29-56(60)67)51-40-44-53(45-41-51)73(72-65-38-20-18-36-63(65)69(50-26-8-3-9-27-50)64-37-19-21-39-66(64)72)54-46-42-52(43-47-54)71-61-34-16-12-30-57(61)68(49-24-6-2-7-25-49)58-31-13-17-35-62(58)71/h1-9,22-27,40-47H,10-21,28-39H2. The zero-order valence-corrected chi connectivity index (χ0v) is 43.2. The van der Waals surface area contributed by atoms with E-state index in [0.29, 0.717) is 0 Å². The first-order valence-corrected chi connectivity index (χ1v) is 29.0. The maximum atomic E-state index is 2.77. The first kappa shape index (κ1) is 45.2. The van der Waals surface area contributed by atoms with Crippen LogP contribution in [0.5, 0.6) is 0 Å². The summed E-state index contributed by atoms with van der Waals surface area (Å²) < 4.78 is 0. The van der Waals surface area contributed by atoms with E-state index in [1.165, 1.54) is 173 Å². The quantitative estimate of drug-likeness (QED) is 0.147. The summed E-state index contributed by atoms with van der Waals surface area (Å²) in [5, 5.41) is 0. The molecule has 0 aromatic heterocycles. The third-order valence-electron chi connectivity index (χ3n) is 18.6. The largest absolute Gasteiger partial charge is 0.310 e. The predicted molar refractivity (Wildman–Crippen MR) is 308 cm³/mol. The Labute approximate surface area is 435 Å². The summed E-state index contributed by atoms with van der Waals surface area (Å²) in [4.78, 5) is 2.77. The number of fused-ring (bicyclic) bond motifs is 6. The van der Waals surface area contributed by atoms with Crippen LogP contribution in [0.1, 0.15) is 144 Å². The van der Waals surface area contributed by atoms with Crippen molar-refractivity contribution in [1.82, 2.24) is 0 Å². The van der Waals surface area contributed by atoms with Crippen molar-refractivity contribution in [3.63, 3.8) is 0 Å². The van der Waals surface area contributed by atoms with Crippen LogP contribution >= 0.6 is 0 Å². The van der Waals surface area contributed by atoms with Gasteiger partial charge in [-0.1, -0.05) is 115 Å². The van der Waals surface area contributed by atoms with Crippen molar-refractivity contribution >= 4 is 17.1 Å². The molecule has 0 spiro atoms. The third kappa shape index (κ3) is 7.86. The van der Waals surface area contributed by atoms with Gasteiger partial charge in [0.1, 0.15) is 0 Å². The summed E-state index contributed by atoms with van der Waals surface area (Å²) in [6.45, 7) is 0. The highest BCUT2D eigenvalue weighted by Gasteiger charge is 2.34. The van der Waals surface area contributed by atoms with Crippen molar-refractivity contribution in [3.05, 3.63) is 206 Å². The molecule has 0 heterocycles. The Balaban J connectivity index is 0.956. The van der Waals surface area contributed by atoms with E-state index in [-0.39, 0.29) is 0 Å². The summed E-state index contributed by atoms with van der Waals surface area (Å²) in [6.07, 6.45) is 29.5. The van der Waals surface area contributed by atoms with Crippen LogP contribution < -0.4 is 4.90 Å². The molecule has 364 valence electrons. The molecule has 0 fully saturated rings. The molecular weight excluding hydrogens is 879 g/mol. The van der Waals surface area contributed by atoms with Gasteiger partial charge in [0.15, 0.2) is 0 Å². The van der Waals surface area contributed by atoms with Gasteiger partial charge in [0.25, 0.3) is 0 Å². The van der Waals surface area contributed by atoms with E-state index in [0.717, 1.165) is 25.7 Å². The highest BCUT2D eigenvalue weighted by atomic mass is 15.1. The molecule has 73 heavy (non-hydrogen) atoms. The van der Waals surface area contributed by atoms with Crippen molar-refractivity contribution in [2.24, 2.45) is 0 Å². The van der Waals surface area contributed by atoms with E-state index in [9.17, 15) is 0 Å². The number of benzene rings is 8. The Morgan fingerprint density at radius 1 is 0.192 bits per heavy atom. The van der Waals surface area contributed by atoms with Gasteiger partial charge in [-0.2, -0.15) is 0 Å². The summed E-state index contributed by atoms with van der Waals surface area (Å²) in [5.41, 5.74) is 38.8. The van der Waals surface area contributed by atoms with Crippen LogP contribution in [0.3, 0.4) is 0 Å². The molecule has 1 heteroatoms. The van der Waals surface area contributed by atoms with Crippen molar-refractivity contribution < 1.29 is 0 Å². The summed E-state index contributed by atoms with van der Waals surface area (Å²) >= 11 is 0. The number of hydrogen-bond donors (Lipinski definition) is 0. The highest BCUT2D eigenvalue weighted by Crippen LogP contribution is 2.53. The Hall–Kier alpha value is -6.44. The number of anilines is 3. The average molecular weight is 950 g/mol. The molecule has 0 N–H and O–H groups in total. The molecule has 0 bridgehead atoms. The number of nitrogens with zero attached hydrogens (tertiary/aromatic N) is 1. The lowest BCUT2D eigenvalue weighted by Crippen LogP contribution is -2.22. The van der Waals surface area contributed by atoms with E-state index in [4.69, 9.17) is 0 Å². The molecule has 1 nitrogen and oxygen atoms in total. The Bertz CT molecular complexity index is 3080. The zero-order valence-electron chi connectivity index (χ0n) is 43.2. The zero-order chi connectivity index (χ0) is 48.2. The van der Waals surface area contributed by atoms with Gasteiger partial charge >= 0.3 is 0 Å². The highest BCUT2D eigenvalue weighted by molar-refractivity contribution is 5.91. The second-order valence-corrected chi connectivity index (χ2v) is 22.7. The molecule has 0 saturated heterocycles. The van der Waals surface area contributed by atoms with Gasteiger partial charge in [0.2, 0.25) is 0 Å². The minimum Gasteiger partial charge on any atom is -0.310 e. The lowest BCUT2D eigenvalue weighted by molar-refractivity contribution is 0.661. The fourth-order valence-corrected chi connectivity index (χ4v) is 15.6. The van der Waals surface area contributed by atoms with Crippen LogP contribution in [-0.4, -0.2) is 0 Å². The van der Waals surface area contributed by atoms with Crippen LogP contribution in [0.25, 0.3) is 55.6 Å². The van der Waals surface area contributed by atoms with Crippen molar-refractivity contribution in [2.45, 2.75) is 154 Å². The lowest BCUT2D eigenvalue weighted by Gasteiger charge is -2.37. The summed E-state index contributed by atoms with van der Waals surface area (Å²) in [7, 11) is 0. The maximum Gasteiger partial charge on any atom is 0.0531 e. The molecule has 0 radical (unpaired) electrons. The number of hydrogen-bond acceptors (Lipinski definition) is 1. The molecule has 6 aliphatic carbocycles. The molecule has 0 aliphatic heterocycles. The van der Waals surface area contributed by atoms with Gasteiger partial charge in [0, 0.05) is 11.4 Å². The maximum absolute atomic E-state index is 2.77. The molecule has 8 aromatic carbocycles. The summed E-state index contributed by atoms with van der Waals surface area (Å²) in [6, 6.07) is 54.7. The fourth-order valence-electron chi connectivity index (χ4n) is 15.6. The topological polar surface area (TPSA) is 3.24 Å². The third-order valence-corrected chi connectivity index (χ3v) is 18.6. The van der Waals surface area contributed by atoms with Crippen LogP contribution in [0.2, 0.25) is 0 Å². The van der Waals surface area contributed by atoms with Gasteiger partial charge in [-0.3, -0.25) is 0 Å². The average Bonchev–Trinajstić information content (AvgIpc) is 3.47. The van der Waals surface area contributed by atoms with E-state index >= 15 is 0 Å². The molecule has 6 aliphatic rings. The Morgan fingerprint density at radius 2 is 0.384 bits per heavy atom. The Kier molecular flexibility index (Phi) is 12.0. The van der Waals surface area contributed by atoms with E-state index in [1.807, 2.05) is 0 Å². The Morgan fingerprint density at radius 3 is 0.616 bits per heavy atom. The molecule has 14 rings (SSSR count). The fraction of sp³-hybridized carbons (Fsp3) is 0.333. The molecule has 0 saturated carbocycles. The predicted octanol–water partition coefficient (Wildman–Crippen LogP) is 18.8. The molecular formula is C72H71N. The van der Waals surface area contributed by atoms with Gasteiger partial charge in [-0.05, 0) is 301 Å². The second kappa shape index (κ2) is 19.4. The van der Waals surface area contributed by atoms with E-state index in [2.05, 4.69) is 144 Å². The van der Waals surface area contributed by atoms with Gasteiger partial charge < -0.3 is 4.90 Å². The minimum absolute atomic E-state index is 1.14. The number of rotatable bonds is 8. The van der Waals surface area contributed by atoms with Crippen LogP contribution in [-0.2, 0) is 77.0 Å². The van der Waals surface area contributed by atoms with Crippen LogP contribution in [0.15, 0.2) is 140 Å². The van der Waals surface area contributed by atoms with E-state index in [1.54, 1.807) is 94.6 Å². The molecule has 0 unspecified atom stereocenters. The minimum atomic E-state index is 1.14. The molecule has 0 amide bonds. The van der Waals surface area contributed by atoms with Gasteiger partial charge in [-0.25, -0.2) is 0 Å². The van der Waals surface area contributed by atoms with Gasteiger partial charge in [-0.15, -0.1) is 0 Å². The summed E-state index contributed by atoms with van der Waals surface area (Å²) in [5.74, 6) is 0. The molecule has 8 aromatic rings. The first-order chi connectivity index (χ1) is 36.3. The van der Waals surface area contributed by atoms with Crippen molar-refractivity contribution in [3.8, 4) is 55.6 Å². The smallest absolute Gasteiger partial charge is 0.0531 e. The first-order valence-electron chi connectivity index (χ1n) is 29.0. The second-order valence-electron chi connectivity index (χ2n) is 22.7. The lowest BCUT2D eigenvalue weighted by atomic mass is 9.73. The van der Waals surface area contributed by atoms with E-state index < -0.39 is 0 Å².